The summed E-state index contributed by atoms with van der Waals surface area (Å²) in [6.45, 7) is 4.75. The van der Waals surface area contributed by atoms with Crippen molar-refractivity contribution in [1.82, 2.24) is 23.6 Å². The number of nitrogens with two attached hydrogens (primary N) is 1. The number of hydrogen-bond acceptors (Lipinski definition) is 8. The first kappa shape index (κ1) is 17.2. The van der Waals surface area contributed by atoms with Crippen LogP contribution in [-0.2, 0) is 18.3 Å². The van der Waals surface area contributed by atoms with Gasteiger partial charge in [0.25, 0.3) is 0 Å². The van der Waals surface area contributed by atoms with E-state index in [2.05, 4.69) is 14.9 Å². The van der Waals surface area contributed by atoms with Gasteiger partial charge >= 0.3 is 5.69 Å². The smallest absolute Gasteiger partial charge is 0.345 e. The van der Waals surface area contributed by atoms with Gasteiger partial charge in [-0.1, -0.05) is 0 Å². The second-order valence-corrected chi connectivity index (χ2v) is 6.90. The van der Waals surface area contributed by atoms with Gasteiger partial charge in [0.2, 0.25) is 5.78 Å². The average molecular weight is 386 g/mol. The Kier molecular flexibility index (Phi) is 4.07. The minimum Gasteiger partial charge on any atom is -0.463 e. The number of imidazole rings is 1. The number of aliphatic imine (C=N–C) groups is 1. The SMILES string of the molecule is Cn1c(=O)n(CCN2CCOCC2)c2nc3c(n21)C(c1ccco1)=NCN3N. The normalized spacial score (nSPS) is 17.9. The average Bonchev–Trinajstić information content (AvgIpc) is 3.41. The highest BCUT2D eigenvalue weighted by molar-refractivity contribution is 6.14. The van der Waals surface area contributed by atoms with E-state index in [0.29, 0.717) is 35.3 Å². The van der Waals surface area contributed by atoms with E-state index in [9.17, 15) is 4.79 Å². The zero-order valence-corrected chi connectivity index (χ0v) is 15.6. The number of fused-ring (bicyclic) bond motifs is 3. The quantitative estimate of drug-likeness (QED) is 0.587. The molecule has 5 rings (SSSR count). The summed E-state index contributed by atoms with van der Waals surface area (Å²) in [4.78, 5) is 24.4. The molecule has 3 aromatic rings. The van der Waals surface area contributed by atoms with Gasteiger partial charge in [-0.15, -0.1) is 0 Å². The zero-order chi connectivity index (χ0) is 19.3. The van der Waals surface area contributed by atoms with Crippen molar-refractivity contribution < 1.29 is 9.15 Å². The number of ether oxygens (including phenoxy) is 1. The molecule has 0 spiro atoms. The fourth-order valence-electron chi connectivity index (χ4n) is 3.76. The van der Waals surface area contributed by atoms with Crippen LogP contribution >= 0.6 is 0 Å². The number of rotatable bonds is 4. The van der Waals surface area contributed by atoms with Crippen molar-refractivity contribution in [3.8, 4) is 0 Å². The molecule has 2 N–H and O–H groups in total. The molecule has 1 fully saturated rings. The van der Waals surface area contributed by atoms with E-state index in [1.165, 1.54) is 9.69 Å². The van der Waals surface area contributed by atoms with Gasteiger partial charge in [0.1, 0.15) is 18.1 Å². The summed E-state index contributed by atoms with van der Waals surface area (Å²) >= 11 is 0. The van der Waals surface area contributed by atoms with E-state index in [-0.39, 0.29) is 12.4 Å². The van der Waals surface area contributed by atoms with Crippen molar-refractivity contribution in [3.05, 3.63) is 40.3 Å². The minimum absolute atomic E-state index is 0.133. The maximum Gasteiger partial charge on any atom is 0.345 e. The van der Waals surface area contributed by atoms with Gasteiger partial charge in [-0.3, -0.25) is 19.5 Å². The Balaban J connectivity index is 1.59. The summed E-state index contributed by atoms with van der Waals surface area (Å²) in [5, 5.41) is 1.48. The summed E-state index contributed by atoms with van der Waals surface area (Å²) in [7, 11) is 1.72. The Hall–Kier alpha value is -2.89. The van der Waals surface area contributed by atoms with Gasteiger partial charge in [-0.25, -0.2) is 19.8 Å². The number of aromatic nitrogens is 4. The first-order valence-corrected chi connectivity index (χ1v) is 9.24. The molecule has 0 aliphatic carbocycles. The van der Waals surface area contributed by atoms with Crippen LogP contribution in [0.5, 0.6) is 0 Å². The van der Waals surface area contributed by atoms with Crippen molar-refractivity contribution in [2.45, 2.75) is 6.54 Å². The molecule has 0 bridgehead atoms. The molecule has 2 aliphatic rings. The largest absolute Gasteiger partial charge is 0.463 e. The summed E-state index contributed by atoms with van der Waals surface area (Å²) in [6.07, 6.45) is 1.59. The van der Waals surface area contributed by atoms with E-state index in [1.54, 1.807) is 28.5 Å². The highest BCUT2D eigenvalue weighted by atomic mass is 16.5. The van der Waals surface area contributed by atoms with Gasteiger partial charge in [-0.2, -0.15) is 4.98 Å². The van der Waals surface area contributed by atoms with Crippen LogP contribution < -0.4 is 16.5 Å². The number of hydrogen-bond donors (Lipinski definition) is 1. The molecule has 5 heterocycles. The number of anilines is 1. The minimum atomic E-state index is -0.133. The topological polar surface area (TPSA) is 111 Å². The molecule has 11 nitrogen and oxygen atoms in total. The Labute approximate surface area is 160 Å². The molecule has 3 aromatic heterocycles. The highest BCUT2D eigenvalue weighted by Gasteiger charge is 2.31. The molecule has 148 valence electrons. The molecular weight excluding hydrogens is 364 g/mol. The number of morpholine rings is 1. The second kappa shape index (κ2) is 6.62. The first-order chi connectivity index (χ1) is 13.6. The molecule has 1 saturated heterocycles. The molecule has 0 atom stereocenters. The molecule has 2 aliphatic heterocycles. The van der Waals surface area contributed by atoms with E-state index < -0.39 is 0 Å². The molecule has 0 aromatic carbocycles. The van der Waals surface area contributed by atoms with E-state index in [4.69, 9.17) is 15.0 Å². The molecule has 28 heavy (non-hydrogen) atoms. The highest BCUT2D eigenvalue weighted by Crippen LogP contribution is 2.26. The van der Waals surface area contributed by atoms with Crippen LogP contribution in [0.1, 0.15) is 11.5 Å². The fraction of sp³-hybridized carbons (Fsp3) is 0.471. The Morgan fingerprint density at radius 3 is 2.82 bits per heavy atom. The fourth-order valence-corrected chi connectivity index (χ4v) is 3.76. The van der Waals surface area contributed by atoms with Crippen molar-refractivity contribution in [3.63, 3.8) is 0 Å². The van der Waals surface area contributed by atoms with Gasteiger partial charge in [0.05, 0.1) is 19.5 Å². The predicted molar refractivity (Wildman–Crippen MR) is 102 cm³/mol. The van der Waals surface area contributed by atoms with Crippen molar-refractivity contribution in [2.75, 3.05) is 44.5 Å². The van der Waals surface area contributed by atoms with Gasteiger partial charge in [-0.05, 0) is 12.1 Å². The number of aryl methyl sites for hydroxylation is 1. The van der Waals surface area contributed by atoms with E-state index in [0.717, 1.165) is 32.8 Å². The first-order valence-electron chi connectivity index (χ1n) is 9.24. The number of hydrazine groups is 1. The predicted octanol–water partition coefficient (Wildman–Crippen LogP) is -0.752. The summed E-state index contributed by atoms with van der Waals surface area (Å²) < 4.78 is 15.9. The Morgan fingerprint density at radius 1 is 1.25 bits per heavy atom. The second-order valence-electron chi connectivity index (χ2n) is 6.90. The molecule has 0 amide bonds. The Morgan fingerprint density at radius 2 is 2.07 bits per heavy atom. The lowest BCUT2D eigenvalue weighted by Crippen LogP contribution is -2.39. The molecular formula is C17H22N8O3. The Bertz CT molecular complexity index is 1080. The molecule has 0 unspecified atom stereocenters. The van der Waals surface area contributed by atoms with Crippen LogP contribution in [0.4, 0.5) is 5.82 Å². The van der Waals surface area contributed by atoms with Gasteiger partial charge in [0, 0.05) is 33.2 Å². The van der Waals surface area contributed by atoms with Crippen LogP contribution in [-0.4, -0.2) is 68.9 Å². The maximum atomic E-state index is 12.9. The summed E-state index contributed by atoms with van der Waals surface area (Å²) in [6, 6.07) is 3.64. The molecule has 11 heteroatoms. The zero-order valence-electron chi connectivity index (χ0n) is 15.6. The van der Waals surface area contributed by atoms with Crippen LogP contribution in [0.3, 0.4) is 0 Å². The number of furan rings is 1. The number of nitrogens with zero attached hydrogens (tertiary/aromatic N) is 7. The van der Waals surface area contributed by atoms with Gasteiger partial charge < -0.3 is 9.15 Å². The van der Waals surface area contributed by atoms with Crippen LogP contribution in [0.2, 0.25) is 0 Å². The van der Waals surface area contributed by atoms with Gasteiger partial charge in [0.15, 0.2) is 11.6 Å². The lowest BCUT2D eigenvalue weighted by molar-refractivity contribution is 0.0364. The standard InChI is InChI=1S/C17H22N8O3/c1-21-17(26)23(5-4-22-6-9-27-10-7-22)16-20-15-14(25(16)21)13(19-11-24(15)18)12-3-2-8-28-12/h2-3,8H,4-7,9-11,18H2,1H3. The summed E-state index contributed by atoms with van der Waals surface area (Å²) in [5.41, 5.74) is 1.16. The lowest BCUT2D eigenvalue weighted by Gasteiger charge is -2.26. The summed E-state index contributed by atoms with van der Waals surface area (Å²) in [5.74, 6) is 7.85. The lowest BCUT2D eigenvalue weighted by atomic mass is 10.2. The van der Waals surface area contributed by atoms with E-state index in [1.807, 2.05) is 6.07 Å². The van der Waals surface area contributed by atoms with Crippen molar-refractivity contribution in [2.24, 2.45) is 17.9 Å². The molecule has 0 saturated carbocycles. The third-order valence-electron chi connectivity index (χ3n) is 5.24. The third-order valence-corrected chi connectivity index (χ3v) is 5.24. The van der Waals surface area contributed by atoms with Crippen LogP contribution in [0, 0.1) is 0 Å². The van der Waals surface area contributed by atoms with Crippen molar-refractivity contribution >= 4 is 17.3 Å². The van der Waals surface area contributed by atoms with Crippen LogP contribution in [0.25, 0.3) is 5.78 Å². The van der Waals surface area contributed by atoms with Crippen molar-refractivity contribution in [1.29, 1.82) is 0 Å². The monoisotopic (exact) mass is 386 g/mol. The maximum absolute atomic E-state index is 12.9. The molecule has 0 radical (unpaired) electrons. The third kappa shape index (κ3) is 2.58. The van der Waals surface area contributed by atoms with E-state index >= 15 is 0 Å². The van der Waals surface area contributed by atoms with Crippen LogP contribution in [0.15, 0.2) is 32.6 Å².